The van der Waals surface area contributed by atoms with Gasteiger partial charge in [-0.15, -0.1) is 22.7 Å². The average molecular weight is 372 g/mol. The number of carbonyl (C=O) groups excluding carboxylic acids is 1. The molecule has 0 saturated carbocycles. The van der Waals surface area contributed by atoms with E-state index in [2.05, 4.69) is 4.98 Å². The minimum Gasteiger partial charge on any atom is -0.454 e. The molecule has 4 rings (SSSR count). The lowest BCUT2D eigenvalue weighted by Gasteiger charge is -2.17. The van der Waals surface area contributed by atoms with Crippen LogP contribution in [0.4, 0.5) is 0 Å². The second kappa shape index (κ2) is 6.85. The van der Waals surface area contributed by atoms with Gasteiger partial charge in [-0.05, 0) is 29.1 Å². The van der Waals surface area contributed by atoms with Gasteiger partial charge in [0.1, 0.15) is 5.01 Å². The Hall–Kier alpha value is -2.38. The molecule has 3 aromatic rings. The normalized spacial score (nSPS) is 12.4. The van der Waals surface area contributed by atoms with E-state index < -0.39 is 0 Å². The lowest BCUT2D eigenvalue weighted by atomic mass is 10.2. The average Bonchev–Trinajstić information content (AvgIpc) is 3.35. The molecule has 0 bridgehead atoms. The number of aromatic nitrogens is 1. The van der Waals surface area contributed by atoms with Crippen LogP contribution in [0.2, 0.25) is 0 Å². The molecule has 1 aliphatic heterocycles. The number of hydrogen-bond donors (Lipinski definition) is 0. The highest BCUT2D eigenvalue weighted by molar-refractivity contribution is 7.20. The van der Waals surface area contributed by atoms with Crippen LogP contribution < -0.4 is 9.47 Å². The van der Waals surface area contributed by atoms with Crippen molar-refractivity contribution in [1.29, 1.82) is 0 Å². The molecule has 1 aliphatic rings. The number of rotatable bonds is 5. The Labute approximate surface area is 153 Å². The van der Waals surface area contributed by atoms with Crippen LogP contribution in [0, 0.1) is 0 Å². The zero-order valence-corrected chi connectivity index (χ0v) is 15.2. The quantitative estimate of drug-likeness (QED) is 0.684. The summed E-state index contributed by atoms with van der Waals surface area (Å²) < 4.78 is 10.7. The Balaban J connectivity index is 1.39. The standard InChI is InChI=1S/C18H16N2O3S2/c1-20(9-12-4-5-14-15(7-12)23-11-22-14)17(21)8-13-10-25-18(19-13)16-3-2-6-24-16/h2-7,10H,8-9,11H2,1H3. The highest BCUT2D eigenvalue weighted by Gasteiger charge is 2.16. The van der Waals surface area contributed by atoms with Gasteiger partial charge < -0.3 is 14.4 Å². The van der Waals surface area contributed by atoms with E-state index >= 15 is 0 Å². The van der Waals surface area contributed by atoms with E-state index in [1.807, 2.05) is 41.1 Å². The third-order valence-electron chi connectivity index (χ3n) is 3.90. The Morgan fingerprint density at radius 1 is 1.24 bits per heavy atom. The molecule has 5 nitrogen and oxygen atoms in total. The summed E-state index contributed by atoms with van der Waals surface area (Å²) in [5.74, 6) is 1.53. The summed E-state index contributed by atoms with van der Waals surface area (Å²) in [6.07, 6.45) is 0.308. The van der Waals surface area contributed by atoms with Crippen LogP contribution in [-0.4, -0.2) is 29.6 Å². The number of carbonyl (C=O) groups is 1. The fraction of sp³-hybridized carbons (Fsp3) is 0.222. The molecule has 25 heavy (non-hydrogen) atoms. The molecule has 0 unspecified atom stereocenters. The Kier molecular flexibility index (Phi) is 4.42. The minimum absolute atomic E-state index is 0.0423. The van der Waals surface area contributed by atoms with Gasteiger partial charge in [0.2, 0.25) is 12.7 Å². The van der Waals surface area contributed by atoms with Gasteiger partial charge in [0.15, 0.2) is 11.5 Å². The molecule has 7 heteroatoms. The second-order valence-corrected chi connectivity index (χ2v) is 7.54. The zero-order chi connectivity index (χ0) is 17.2. The van der Waals surface area contributed by atoms with Crippen molar-refractivity contribution in [1.82, 2.24) is 9.88 Å². The van der Waals surface area contributed by atoms with E-state index in [-0.39, 0.29) is 12.7 Å². The molecule has 0 spiro atoms. The summed E-state index contributed by atoms with van der Waals surface area (Å²) in [6.45, 7) is 0.779. The maximum Gasteiger partial charge on any atom is 0.231 e. The fourth-order valence-electron chi connectivity index (χ4n) is 2.59. The van der Waals surface area contributed by atoms with Crippen molar-refractivity contribution in [2.45, 2.75) is 13.0 Å². The second-order valence-electron chi connectivity index (χ2n) is 5.74. The lowest BCUT2D eigenvalue weighted by Crippen LogP contribution is -2.27. The van der Waals surface area contributed by atoms with Gasteiger partial charge in [0, 0.05) is 19.0 Å². The molecule has 1 amide bonds. The molecular formula is C18H16N2O3S2. The predicted octanol–water partition coefficient (Wildman–Crippen LogP) is 3.80. The molecule has 0 saturated heterocycles. The van der Waals surface area contributed by atoms with Gasteiger partial charge in [-0.1, -0.05) is 12.1 Å². The van der Waals surface area contributed by atoms with E-state index in [9.17, 15) is 4.79 Å². The van der Waals surface area contributed by atoms with Gasteiger partial charge in [-0.25, -0.2) is 4.98 Å². The maximum atomic E-state index is 12.5. The first-order valence-electron chi connectivity index (χ1n) is 7.80. The van der Waals surface area contributed by atoms with Crippen LogP contribution >= 0.6 is 22.7 Å². The number of fused-ring (bicyclic) bond motifs is 1. The molecule has 1 aromatic carbocycles. The smallest absolute Gasteiger partial charge is 0.231 e. The monoisotopic (exact) mass is 372 g/mol. The molecule has 0 radical (unpaired) electrons. The first-order chi connectivity index (χ1) is 12.2. The Morgan fingerprint density at radius 3 is 2.96 bits per heavy atom. The van der Waals surface area contributed by atoms with Crippen LogP contribution in [0.5, 0.6) is 11.5 Å². The maximum absolute atomic E-state index is 12.5. The van der Waals surface area contributed by atoms with Gasteiger partial charge in [-0.3, -0.25) is 4.79 Å². The van der Waals surface area contributed by atoms with Gasteiger partial charge in [0.05, 0.1) is 17.0 Å². The van der Waals surface area contributed by atoms with Crippen molar-refractivity contribution in [3.8, 4) is 21.4 Å². The molecule has 3 heterocycles. The van der Waals surface area contributed by atoms with Crippen LogP contribution in [-0.2, 0) is 17.8 Å². The molecule has 0 fully saturated rings. The number of hydrogen-bond acceptors (Lipinski definition) is 6. The summed E-state index contributed by atoms with van der Waals surface area (Å²) in [5, 5.41) is 4.96. The molecule has 0 N–H and O–H groups in total. The highest BCUT2D eigenvalue weighted by atomic mass is 32.1. The van der Waals surface area contributed by atoms with E-state index in [4.69, 9.17) is 9.47 Å². The summed E-state index contributed by atoms with van der Waals surface area (Å²) in [5.41, 5.74) is 1.83. The van der Waals surface area contributed by atoms with Crippen molar-refractivity contribution < 1.29 is 14.3 Å². The summed E-state index contributed by atoms with van der Waals surface area (Å²) >= 11 is 3.23. The van der Waals surface area contributed by atoms with Crippen molar-refractivity contribution in [2.75, 3.05) is 13.8 Å². The summed E-state index contributed by atoms with van der Waals surface area (Å²) in [6, 6.07) is 9.80. The SMILES string of the molecule is CN(Cc1ccc2c(c1)OCO2)C(=O)Cc1csc(-c2cccs2)n1. The van der Waals surface area contributed by atoms with Crippen LogP contribution in [0.25, 0.3) is 9.88 Å². The number of benzene rings is 1. The van der Waals surface area contributed by atoms with Gasteiger partial charge >= 0.3 is 0 Å². The topological polar surface area (TPSA) is 51.7 Å². The first-order valence-corrected chi connectivity index (χ1v) is 9.56. The van der Waals surface area contributed by atoms with E-state index in [1.54, 1.807) is 34.6 Å². The minimum atomic E-state index is 0.0423. The number of nitrogens with zero attached hydrogens (tertiary/aromatic N) is 2. The van der Waals surface area contributed by atoms with Crippen molar-refractivity contribution in [3.63, 3.8) is 0 Å². The Bertz CT molecular complexity index is 890. The fourth-order valence-corrected chi connectivity index (χ4v) is 4.23. The molecule has 2 aromatic heterocycles. The summed E-state index contributed by atoms with van der Waals surface area (Å²) in [4.78, 5) is 19.9. The number of thiophene rings is 1. The number of amides is 1. The number of likely N-dealkylation sites (N-methyl/N-ethyl adjacent to an activating group) is 1. The predicted molar refractivity (Wildman–Crippen MR) is 98.2 cm³/mol. The summed E-state index contributed by atoms with van der Waals surface area (Å²) in [7, 11) is 1.81. The van der Waals surface area contributed by atoms with Crippen LogP contribution in [0.15, 0.2) is 41.1 Å². The van der Waals surface area contributed by atoms with Crippen LogP contribution in [0.3, 0.4) is 0 Å². The highest BCUT2D eigenvalue weighted by Crippen LogP contribution is 2.33. The van der Waals surface area contributed by atoms with Gasteiger partial charge in [0.25, 0.3) is 0 Å². The Morgan fingerprint density at radius 2 is 2.12 bits per heavy atom. The number of ether oxygens (including phenoxy) is 2. The van der Waals surface area contributed by atoms with Crippen molar-refractivity contribution in [2.24, 2.45) is 0 Å². The first kappa shape index (κ1) is 16.1. The lowest BCUT2D eigenvalue weighted by molar-refractivity contribution is -0.129. The van der Waals surface area contributed by atoms with E-state index in [0.29, 0.717) is 13.0 Å². The third-order valence-corrected chi connectivity index (χ3v) is 5.83. The van der Waals surface area contributed by atoms with Crippen molar-refractivity contribution in [3.05, 3.63) is 52.3 Å². The van der Waals surface area contributed by atoms with E-state index in [1.165, 1.54) is 0 Å². The molecule has 0 atom stereocenters. The van der Waals surface area contributed by atoms with Crippen molar-refractivity contribution >= 4 is 28.6 Å². The third kappa shape index (κ3) is 3.52. The zero-order valence-electron chi connectivity index (χ0n) is 13.6. The van der Waals surface area contributed by atoms with Gasteiger partial charge in [-0.2, -0.15) is 0 Å². The van der Waals surface area contributed by atoms with E-state index in [0.717, 1.165) is 32.6 Å². The molecular weight excluding hydrogens is 356 g/mol. The largest absolute Gasteiger partial charge is 0.454 e. The number of thiazole rings is 1. The van der Waals surface area contributed by atoms with Crippen LogP contribution in [0.1, 0.15) is 11.3 Å². The molecule has 128 valence electrons. The molecule has 0 aliphatic carbocycles.